The van der Waals surface area contributed by atoms with Crippen LogP contribution in [0.2, 0.25) is 0 Å². The number of fused-ring (bicyclic) bond motifs is 1. The van der Waals surface area contributed by atoms with Crippen molar-refractivity contribution in [1.82, 2.24) is 15.0 Å². The largest absolute Gasteiger partial charge is 0.378 e. The number of pyridine rings is 1. The van der Waals surface area contributed by atoms with E-state index in [1.807, 2.05) is 24.7 Å². The molecule has 0 radical (unpaired) electrons. The number of rotatable bonds is 4. The topological polar surface area (TPSA) is 66.4 Å². The first-order valence-corrected chi connectivity index (χ1v) is 10.4. The summed E-state index contributed by atoms with van der Waals surface area (Å²) in [6.07, 6.45) is 7.89. The van der Waals surface area contributed by atoms with Crippen molar-refractivity contribution in [2.75, 3.05) is 54.5 Å². The molecule has 4 heterocycles. The average Bonchev–Trinajstić information content (AvgIpc) is 2.80. The van der Waals surface area contributed by atoms with E-state index in [1.54, 1.807) is 0 Å². The fraction of sp³-hybridized carbons (Fsp3) is 0.409. The molecule has 2 aromatic heterocycles. The molecule has 1 unspecified atom stereocenters. The molecule has 0 bridgehead atoms. The summed E-state index contributed by atoms with van der Waals surface area (Å²) in [7, 11) is 0. The summed E-state index contributed by atoms with van der Waals surface area (Å²) in [4.78, 5) is 18.1. The molecule has 7 heteroatoms. The van der Waals surface area contributed by atoms with Crippen LogP contribution in [0.25, 0.3) is 10.8 Å². The van der Waals surface area contributed by atoms with Crippen LogP contribution in [0.5, 0.6) is 0 Å². The minimum absolute atomic E-state index is 0.330. The maximum absolute atomic E-state index is 5.44. The molecule has 2 fully saturated rings. The van der Waals surface area contributed by atoms with Gasteiger partial charge >= 0.3 is 0 Å². The van der Waals surface area contributed by atoms with Gasteiger partial charge in [0.2, 0.25) is 5.95 Å². The Morgan fingerprint density at radius 3 is 2.83 bits per heavy atom. The average molecular weight is 390 g/mol. The van der Waals surface area contributed by atoms with Crippen molar-refractivity contribution >= 4 is 28.2 Å². The van der Waals surface area contributed by atoms with E-state index >= 15 is 0 Å². The highest BCUT2D eigenvalue weighted by Gasteiger charge is 2.21. The number of benzene rings is 1. The highest BCUT2D eigenvalue weighted by Crippen LogP contribution is 2.25. The molecule has 1 atom stereocenters. The lowest BCUT2D eigenvalue weighted by atomic mass is 10.0. The van der Waals surface area contributed by atoms with Crippen LogP contribution < -0.4 is 15.1 Å². The molecule has 1 N–H and O–H groups in total. The van der Waals surface area contributed by atoms with E-state index in [4.69, 9.17) is 9.72 Å². The predicted octanol–water partition coefficient (Wildman–Crippen LogP) is 2.94. The first-order valence-electron chi connectivity index (χ1n) is 10.4. The van der Waals surface area contributed by atoms with E-state index in [2.05, 4.69) is 49.4 Å². The molecule has 3 aromatic rings. The third-order valence-electron chi connectivity index (χ3n) is 5.72. The summed E-state index contributed by atoms with van der Waals surface area (Å²) in [5, 5.41) is 5.97. The van der Waals surface area contributed by atoms with E-state index in [9.17, 15) is 0 Å². The zero-order valence-corrected chi connectivity index (χ0v) is 16.5. The van der Waals surface area contributed by atoms with Crippen molar-refractivity contribution in [3.05, 3.63) is 48.9 Å². The highest BCUT2D eigenvalue weighted by molar-refractivity contribution is 5.85. The van der Waals surface area contributed by atoms with Crippen LogP contribution >= 0.6 is 0 Å². The van der Waals surface area contributed by atoms with Gasteiger partial charge < -0.3 is 19.9 Å². The number of hydrogen-bond acceptors (Lipinski definition) is 7. The fourth-order valence-electron chi connectivity index (χ4n) is 4.17. The smallest absolute Gasteiger partial charge is 0.224 e. The molecule has 2 aliphatic rings. The van der Waals surface area contributed by atoms with Crippen LogP contribution in [-0.4, -0.2) is 60.4 Å². The zero-order chi connectivity index (χ0) is 19.5. The summed E-state index contributed by atoms with van der Waals surface area (Å²) < 4.78 is 5.44. The maximum Gasteiger partial charge on any atom is 0.224 e. The van der Waals surface area contributed by atoms with Crippen molar-refractivity contribution in [3.8, 4) is 0 Å². The first-order chi connectivity index (χ1) is 14.3. The minimum atomic E-state index is 0.330. The second-order valence-corrected chi connectivity index (χ2v) is 7.67. The van der Waals surface area contributed by atoms with Gasteiger partial charge in [0, 0.05) is 61.9 Å². The Morgan fingerprint density at radius 1 is 0.966 bits per heavy atom. The van der Waals surface area contributed by atoms with E-state index in [1.165, 1.54) is 16.5 Å². The standard InChI is InChI=1S/C22H26N6O/c1-2-19(25-22-24-8-6-21(26-22)27-10-12-29-13-11-27)16-28(9-1)20-4-3-18-15-23-7-5-17(18)14-20/h3-8,14-15,19H,1-2,9-13,16H2,(H,24,25,26). The highest BCUT2D eigenvalue weighted by atomic mass is 16.5. The number of aromatic nitrogens is 3. The van der Waals surface area contributed by atoms with Crippen LogP contribution in [0.1, 0.15) is 12.8 Å². The Bertz CT molecular complexity index is 974. The lowest BCUT2D eigenvalue weighted by Crippen LogP contribution is -2.42. The molecule has 0 amide bonds. The number of anilines is 3. The van der Waals surface area contributed by atoms with Gasteiger partial charge in [-0.05, 0) is 42.5 Å². The molecule has 150 valence electrons. The van der Waals surface area contributed by atoms with Crippen molar-refractivity contribution in [3.63, 3.8) is 0 Å². The van der Waals surface area contributed by atoms with Crippen molar-refractivity contribution in [2.24, 2.45) is 0 Å². The second-order valence-electron chi connectivity index (χ2n) is 7.67. The number of morpholine rings is 1. The third kappa shape index (κ3) is 4.10. The molecule has 0 spiro atoms. The summed E-state index contributed by atoms with van der Waals surface area (Å²) in [5.41, 5.74) is 1.26. The summed E-state index contributed by atoms with van der Waals surface area (Å²) in [5.74, 6) is 1.69. The number of nitrogens with one attached hydrogen (secondary N) is 1. The first kappa shape index (κ1) is 18.1. The monoisotopic (exact) mass is 390 g/mol. The van der Waals surface area contributed by atoms with Crippen LogP contribution in [0.3, 0.4) is 0 Å². The van der Waals surface area contributed by atoms with Gasteiger partial charge in [-0.3, -0.25) is 4.98 Å². The van der Waals surface area contributed by atoms with Gasteiger partial charge in [0.25, 0.3) is 0 Å². The van der Waals surface area contributed by atoms with Crippen LogP contribution in [0.4, 0.5) is 17.5 Å². The van der Waals surface area contributed by atoms with Gasteiger partial charge in [0.15, 0.2) is 0 Å². The molecule has 0 aliphatic carbocycles. The Labute approximate surface area is 170 Å². The van der Waals surface area contributed by atoms with Crippen LogP contribution in [0.15, 0.2) is 48.9 Å². The second kappa shape index (κ2) is 8.21. The lowest BCUT2D eigenvalue weighted by molar-refractivity contribution is 0.122. The van der Waals surface area contributed by atoms with Crippen LogP contribution in [-0.2, 0) is 4.74 Å². The Kier molecular flexibility index (Phi) is 5.13. The van der Waals surface area contributed by atoms with Gasteiger partial charge in [-0.25, -0.2) is 4.98 Å². The van der Waals surface area contributed by atoms with Crippen molar-refractivity contribution in [2.45, 2.75) is 18.9 Å². The molecule has 7 nitrogen and oxygen atoms in total. The quantitative estimate of drug-likeness (QED) is 0.735. The summed E-state index contributed by atoms with van der Waals surface area (Å²) in [6, 6.07) is 11.0. The van der Waals surface area contributed by atoms with Crippen molar-refractivity contribution < 1.29 is 4.74 Å². The Morgan fingerprint density at radius 2 is 1.90 bits per heavy atom. The predicted molar refractivity (Wildman–Crippen MR) is 116 cm³/mol. The summed E-state index contributed by atoms with van der Waals surface area (Å²) in [6.45, 7) is 5.29. The summed E-state index contributed by atoms with van der Waals surface area (Å²) >= 11 is 0. The zero-order valence-electron chi connectivity index (χ0n) is 16.5. The molecule has 5 rings (SSSR count). The molecule has 2 aliphatic heterocycles. The third-order valence-corrected chi connectivity index (χ3v) is 5.72. The van der Waals surface area contributed by atoms with Gasteiger partial charge in [-0.2, -0.15) is 4.98 Å². The number of piperidine rings is 1. The Hall–Kier alpha value is -2.93. The number of nitrogens with zero attached hydrogens (tertiary/aromatic N) is 5. The fourth-order valence-corrected chi connectivity index (χ4v) is 4.17. The SMILES string of the molecule is c1cc2cc(N3CCCC(Nc4nccc(N5CCOCC5)n4)C3)ccc2cn1. The normalized spacial score (nSPS) is 20.1. The molecule has 0 saturated carbocycles. The number of hydrogen-bond donors (Lipinski definition) is 1. The van der Waals surface area contributed by atoms with Crippen LogP contribution in [0, 0.1) is 0 Å². The Balaban J connectivity index is 1.28. The van der Waals surface area contributed by atoms with E-state index in [0.29, 0.717) is 12.0 Å². The van der Waals surface area contributed by atoms with Crippen molar-refractivity contribution in [1.29, 1.82) is 0 Å². The molecule has 29 heavy (non-hydrogen) atoms. The van der Waals surface area contributed by atoms with Gasteiger partial charge in [0.05, 0.1) is 13.2 Å². The molecule has 1 aromatic carbocycles. The molecular formula is C22H26N6O. The van der Waals surface area contributed by atoms with E-state index < -0.39 is 0 Å². The van der Waals surface area contributed by atoms with E-state index in [0.717, 1.165) is 58.1 Å². The maximum atomic E-state index is 5.44. The molecule has 2 saturated heterocycles. The van der Waals surface area contributed by atoms with Gasteiger partial charge in [-0.1, -0.05) is 6.07 Å². The lowest BCUT2D eigenvalue weighted by Gasteiger charge is -2.35. The van der Waals surface area contributed by atoms with E-state index in [-0.39, 0.29) is 0 Å². The number of ether oxygens (including phenoxy) is 1. The minimum Gasteiger partial charge on any atom is -0.378 e. The van der Waals surface area contributed by atoms with Gasteiger partial charge in [0.1, 0.15) is 5.82 Å². The molecular weight excluding hydrogens is 364 g/mol. The van der Waals surface area contributed by atoms with Gasteiger partial charge in [-0.15, -0.1) is 0 Å².